The molecule has 2 aromatic heterocycles. The fourth-order valence-electron chi connectivity index (χ4n) is 4.29. The third kappa shape index (κ3) is 4.95. The molecule has 1 aliphatic heterocycles. The number of rotatable bonds is 6. The molecule has 0 atom stereocenters. The third-order valence-corrected chi connectivity index (χ3v) is 6.45. The van der Waals surface area contributed by atoms with E-state index in [0.717, 1.165) is 17.8 Å². The molecular formula is C27H28FN7O2. The van der Waals surface area contributed by atoms with Crippen molar-refractivity contribution in [1.29, 1.82) is 0 Å². The number of likely N-dealkylation sites (N-methyl/N-ethyl adjacent to an activating group) is 1. The fraction of sp³-hybridized carbons (Fsp3) is 0.259. The Kier molecular flexibility index (Phi) is 6.47. The number of anilines is 2. The van der Waals surface area contributed by atoms with Gasteiger partial charge in [0.1, 0.15) is 17.2 Å². The molecule has 0 aliphatic carbocycles. The van der Waals surface area contributed by atoms with Crippen LogP contribution in [0, 0.1) is 5.82 Å². The van der Waals surface area contributed by atoms with Crippen molar-refractivity contribution >= 4 is 23.2 Å². The second kappa shape index (κ2) is 9.88. The summed E-state index contributed by atoms with van der Waals surface area (Å²) in [6.45, 7) is 5.83. The van der Waals surface area contributed by atoms with Crippen molar-refractivity contribution in [3.05, 3.63) is 72.6 Å². The van der Waals surface area contributed by atoms with Crippen LogP contribution in [0.1, 0.15) is 30.4 Å². The van der Waals surface area contributed by atoms with Crippen molar-refractivity contribution in [2.75, 3.05) is 36.9 Å². The first kappa shape index (κ1) is 24.2. The van der Waals surface area contributed by atoms with Gasteiger partial charge in [-0.25, -0.2) is 14.4 Å². The number of benzene rings is 2. The van der Waals surface area contributed by atoms with Gasteiger partial charge in [-0.05, 0) is 62.4 Å². The molecule has 2 amide bonds. The van der Waals surface area contributed by atoms with Crippen LogP contribution >= 0.6 is 0 Å². The Hall–Kier alpha value is -4.47. The van der Waals surface area contributed by atoms with Crippen molar-refractivity contribution < 1.29 is 14.0 Å². The molecular weight excluding hydrogens is 473 g/mol. The molecule has 2 aromatic carbocycles. The minimum absolute atomic E-state index is 0.0827. The van der Waals surface area contributed by atoms with Crippen LogP contribution in [0.3, 0.4) is 0 Å². The fourth-order valence-corrected chi connectivity index (χ4v) is 4.29. The van der Waals surface area contributed by atoms with Gasteiger partial charge in [0.25, 0.3) is 5.91 Å². The summed E-state index contributed by atoms with van der Waals surface area (Å²) in [6.07, 6.45) is 3.28. The zero-order chi connectivity index (χ0) is 26.1. The van der Waals surface area contributed by atoms with Gasteiger partial charge < -0.3 is 24.7 Å². The maximum atomic E-state index is 13.5. The number of aromatic nitrogens is 4. The van der Waals surface area contributed by atoms with E-state index in [4.69, 9.17) is 0 Å². The van der Waals surface area contributed by atoms with Crippen LogP contribution in [0.4, 0.5) is 15.8 Å². The lowest BCUT2D eigenvalue weighted by molar-refractivity contribution is -0.129. The summed E-state index contributed by atoms with van der Waals surface area (Å²) in [6, 6.07) is 13.6. The number of carbonyl (C=O) groups excluding carboxylic acids is 2. The lowest BCUT2D eigenvalue weighted by atomic mass is 10.1. The van der Waals surface area contributed by atoms with Gasteiger partial charge >= 0.3 is 0 Å². The Balaban J connectivity index is 1.34. The number of nitrogens with one attached hydrogen (secondary N) is 2. The molecule has 5 rings (SSSR count). The van der Waals surface area contributed by atoms with E-state index in [-0.39, 0.29) is 29.4 Å². The van der Waals surface area contributed by atoms with Gasteiger partial charge in [-0.3, -0.25) is 9.59 Å². The number of halogens is 1. The van der Waals surface area contributed by atoms with Crippen molar-refractivity contribution in [2.45, 2.75) is 19.9 Å². The molecule has 0 bridgehead atoms. The van der Waals surface area contributed by atoms with Crippen molar-refractivity contribution in [1.82, 2.24) is 24.4 Å². The van der Waals surface area contributed by atoms with Crippen molar-refractivity contribution in [3.8, 4) is 22.8 Å². The quantitative estimate of drug-likeness (QED) is 0.413. The normalized spacial score (nSPS) is 13.9. The smallest absolute Gasteiger partial charge is 0.275 e. The molecule has 2 N–H and O–H groups in total. The molecule has 1 aliphatic rings. The van der Waals surface area contributed by atoms with E-state index in [1.54, 1.807) is 36.6 Å². The van der Waals surface area contributed by atoms with Gasteiger partial charge in [0.15, 0.2) is 5.82 Å². The van der Waals surface area contributed by atoms with Crippen LogP contribution in [0.15, 0.2) is 61.1 Å². The highest BCUT2D eigenvalue weighted by atomic mass is 19.1. The maximum Gasteiger partial charge on any atom is 0.275 e. The van der Waals surface area contributed by atoms with Crippen LogP contribution in [-0.4, -0.2) is 62.9 Å². The molecule has 0 spiro atoms. The highest BCUT2D eigenvalue weighted by molar-refractivity contribution is 6.03. The number of piperazine rings is 1. The Morgan fingerprint density at radius 1 is 1.08 bits per heavy atom. The molecule has 9 nitrogen and oxygen atoms in total. The zero-order valence-corrected chi connectivity index (χ0v) is 20.9. The van der Waals surface area contributed by atoms with E-state index in [0.29, 0.717) is 36.0 Å². The van der Waals surface area contributed by atoms with Gasteiger partial charge in [-0.2, -0.15) is 0 Å². The summed E-state index contributed by atoms with van der Waals surface area (Å²) in [7, 11) is 1.80. The highest BCUT2D eigenvalue weighted by Gasteiger charge is 2.22. The average Bonchev–Trinajstić information content (AvgIpc) is 3.54. The number of hydrogen-bond donors (Lipinski definition) is 2. The van der Waals surface area contributed by atoms with Gasteiger partial charge in [-0.15, -0.1) is 0 Å². The number of imidazole rings is 2. The van der Waals surface area contributed by atoms with E-state index >= 15 is 0 Å². The first-order chi connectivity index (χ1) is 17.8. The Labute approximate surface area is 214 Å². The van der Waals surface area contributed by atoms with Gasteiger partial charge in [0, 0.05) is 49.3 Å². The van der Waals surface area contributed by atoms with Crippen molar-refractivity contribution in [2.24, 2.45) is 0 Å². The lowest BCUT2D eigenvalue weighted by Crippen LogP contribution is -2.48. The summed E-state index contributed by atoms with van der Waals surface area (Å²) in [5, 5.41) is 2.87. The van der Waals surface area contributed by atoms with E-state index in [1.165, 1.54) is 12.1 Å². The number of amides is 2. The molecule has 0 radical (unpaired) electrons. The molecule has 190 valence electrons. The third-order valence-electron chi connectivity index (χ3n) is 6.45. The van der Waals surface area contributed by atoms with Crippen LogP contribution < -0.4 is 10.2 Å². The molecule has 4 aromatic rings. The van der Waals surface area contributed by atoms with Gasteiger partial charge in [0.05, 0.1) is 18.6 Å². The SMILES string of the molecule is CC(C)n1cnc(-c2ccc(F)cc2)c1-c1nc(C(=O)Nc2ccc(N3CCN(C)C(=O)C3)cc2)c[nH]1. The molecule has 1 fully saturated rings. The Bertz CT molecular complexity index is 1420. The van der Waals surface area contributed by atoms with Crippen LogP contribution in [-0.2, 0) is 4.79 Å². The monoisotopic (exact) mass is 501 g/mol. The Morgan fingerprint density at radius 3 is 2.49 bits per heavy atom. The predicted molar refractivity (Wildman–Crippen MR) is 140 cm³/mol. The highest BCUT2D eigenvalue weighted by Crippen LogP contribution is 2.32. The van der Waals surface area contributed by atoms with Crippen LogP contribution in [0.5, 0.6) is 0 Å². The van der Waals surface area contributed by atoms with Crippen molar-refractivity contribution in [3.63, 3.8) is 0 Å². The number of hydrogen-bond acceptors (Lipinski definition) is 5. The summed E-state index contributed by atoms with van der Waals surface area (Å²) in [4.78, 5) is 40.9. The number of aromatic amines is 1. The molecule has 0 saturated carbocycles. The molecule has 37 heavy (non-hydrogen) atoms. The van der Waals surface area contributed by atoms with Crippen LogP contribution in [0.25, 0.3) is 22.8 Å². The minimum atomic E-state index is -0.357. The standard InChI is InChI=1S/C27H28FN7O2/c1-17(2)35-16-30-24(18-4-6-19(28)7-5-18)25(35)26-29-14-22(32-26)27(37)31-20-8-10-21(11-9-20)34-13-12-33(3)23(36)15-34/h4-11,14,16-17H,12-13,15H2,1-3H3,(H,29,32)(H,31,37). The summed E-state index contributed by atoms with van der Waals surface area (Å²) in [5.74, 6) is -0.107. The first-order valence-electron chi connectivity index (χ1n) is 12.1. The van der Waals surface area contributed by atoms with E-state index < -0.39 is 0 Å². The topological polar surface area (TPSA) is 99.2 Å². The second-order valence-electron chi connectivity index (χ2n) is 9.32. The Morgan fingerprint density at radius 2 is 1.81 bits per heavy atom. The molecule has 10 heteroatoms. The average molecular weight is 502 g/mol. The maximum absolute atomic E-state index is 13.5. The molecule has 0 unspecified atom stereocenters. The second-order valence-corrected chi connectivity index (χ2v) is 9.32. The summed E-state index contributed by atoms with van der Waals surface area (Å²) < 4.78 is 15.4. The molecule has 3 heterocycles. The van der Waals surface area contributed by atoms with E-state index in [1.807, 2.05) is 47.6 Å². The number of carbonyl (C=O) groups is 2. The largest absolute Gasteiger partial charge is 0.360 e. The summed E-state index contributed by atoms with van der Waals surface area (Å²) in [5.41, 5.74) is 3.89. The molecule has 1 saturated heterocycles. The number of nitrogens with zero attached hydrogens (tertiary/aromatic N) is 5. The summed E-state index contributed by atoms with van der Waals surface area (Å²) >= 11 is 0. The predicted octanol–water partition coefficient (Wildman–Crippen LogP) is 4.19. The van der Waals surface area contributed by atoms with E-state index in [2.05, 4.69) is 20.3 Å². The van der Waals surface area contributed by atoms with Gasteiger partial charge in [-0.1, -0.05) is 0 Å². The minimum Gasteiger partial charge on any atom is -0.360 e. The van der Waals surface area contributed by atoms with Crippen LogP contribution in [0.2, 0.25) is 0 Å². The number of H-pyrrole nitrogens is 1. The zero-order valence-electron chi connectivity index (χ0n) is 20.9. The lowest BCUT2D eigenvalue weighted by Gasteiger charge is -2.33. The first-order valence-corrected chi connectivity index (χ1v) is 12.1. The van der Waals surface area contributed by atoms with E-state index in [9.17, 15) is 14.0 Å². The van der Waals surface area contributed by atoms with Gasteiger partial charge in [0.2, 0.25) is 5.91 Å².